The van der Waals surface area contributed by atoms with E-state index in [0.29, 0.717) is 35.7 Å². The molecule has 0 aliphatic heterocycles. The van der Waals surface area contributed by atoms with E-state index >= 15 is 0 Å². The number of halogens is 2. The highest BCUT2D eigenvalue weighted by atomic mass is 127. The van der Waals surface area contributed by atoms with Crippen molar-refractivity contribution < 1.29 is 4.52 Å². The van der Waals surface area contributed by atoms with Gasteiger partial charge in [-0.2, -0.15) is 4.98 Å². The Kier molecular flexibility index (Phi) is 9.33. The van der Waals surface area contributed by atoms with Crippen LogP contribution in [0, 0.1) is 0 Å². The molecule has 0 saturated heterocycles. The fraction of sp³-hybridized carbons (Fsp3) is 0.526. The van der Waals surface area contributed by atoms with Gasteiger partial charge < -0.3 is 15.2 Å². The largest absolute Gasteiger partial charge is 0.357 e. The number of rotatable bonds is 6. The zero-order valence-electron chi connectivity index (χ0n) is 15.6. The maximum atomic E-state index is 6.01. The van der Waals surface area contributed by atoms with E-state index in [2.05, 4.69) is 32.7 Å². The molecule has 6 nitrogen and oxygen atoms in total. The second kappa shape index (κ2) is 11.5. The molecule has 0 radical (unpaired) electrons. The summed E-state index contributed by atoms with van der Waals surface area (Å²) in [4.78, 5) is 9.08. The molecule has 0 atom stereocenters. The van der Waals surface area contributed by atoms with Crippen molar-refractivity contribution in [2.24, 2.45) is 4.99 Å². The average molecular weight is 504 g/mol. The third kappa shape index (κ3) is 6.95. The lowest BCUT2D eigenvalue weighted by Gasteiger charge is -2.24. The minimum absolute atomic E-state index is 0. The van der Waals surface area contributed by atoms with E-state index in [0.717, 1.165) is 18.1 Å². The Morgan fingerprint density at radius 2 is 2.11 bits per heavy atom. The van der Waals surface area contributed by atoms with E-state index in [9.17, 15) is 0 Å². The number of aliphatic imine (C=N–C) groups is 1. The van der Waals surface area contributed by atoms with Gasteiger partial charge in [-0.1, -0.05) is 48.2 Å². The van der Waals surface area contributed by atoms with Crippen LogP contribution < -0.4 is 10.6 Å². The Morgan fingerprint density at radius 1 is 1.30 bits per heavy atom. The molecule has 0 amide bonds. The molecule has 1 saturated carbocycles. The number of nitrogens with one attached hydrogen (secondary N) is 2. The first-order valence-corrected chi connectivity index (χ1v) is 9.76. The quantitative estimate of drug-likeness (QED) is 0.346. The number of aromatic nitrogens is 2. The molecule has 2 N–H and O–H groups in total. The first kappa shape index (κ1) is 21.9. The smallest absolute Gasteiger partial charge is 0.228 e. The van der Waals surface area contributed by atoms with Crippen LogP contribution in [0.1, 0.15) is 44.9 Å². The first-order chi connectivity index (χ1) is 12.7. The Bertz CT molecular complexity index is 730. The maximum Gasteiger partial charge on any atom is 0.228 e. The molecule has 3 rings (SSSR count). The molecule has 8 heteroatoms. The number of hydrogen-bond donors (Lipinski definition) is 2. The van der Waals surface area contributed by atoms with Gasteiger partial charge in [0.15, 0.2) is 5.96 Å². The van der Waals surface area contributed by atoms with Crippen LogP contribution >= 0.6 is 35.6 Å². The lowest BCUT2D eigenvalue weighted by atomic mass is 9.96. The summed E-state index contributed by atoms with van der Waals surface area (Å²) in [5.41, 5.74) is 0.850. The van der Waals surface area contributed by atoms with Gasteiger partial charge in [0.1, 0.15) is 0 Å². The second-order valence-corrected chi connectivity index (χ2v) is 6.95. The number of hydrogen-bond acceptors (Lipinski definition) is 4. The summed E-state index contributed by atoms with van der Waals surface area (Å²) in [5.74, 6) is 2.00. The second-order valence-electron chi connectivity index (χ2n) is 6.51. The van der Waals surface area contributed by atoms with E-state index in [4.69, 9.17) is 16.1 Å². The highest BCUT2D eigenvalue weighted by molar-refractivity contribution is 14.0. The van der Waals surface area contributed by atoms with Gasteiger partial charge in [0.2, 0.25) is 11.7 Å². The van der Waals surface area contributed by atoms with Gasteiger partial charge in [-0.25, -0.2) is 0 Å². The fourth-order valence-electron chi connectivity index (χ4n) is 3.12. The number of guanidine groups is 1. The van der Waals surface area contributed by atoms with E-state index in [1.807, 2.05) is 24.3 Å². The van der Waals surface area contributed by atoms with E-state index in [1.54, 1.807) is 0 Å². The zero-order valence-corrected chi connectivity index (χ0v) is 18.7. The minimum Gasteiger partial charge on any atom is -0.357 e. The van der Waals surface area contributed by atoms with Crippen LogP contribution in [-0.2, 0) is 6.42 Å². The van der Waals surface area contributed by atoms with Crippen molar-refractivity contribution in [2.75, 3.05) is 13.1 Å². The summed E-state index contributed by atoms with van der Waals surface area (Å²) in [5, 5.41) is 11.5. The molecule has 0 bridgehead atoms. The molecule has 1 aromatic carbocycles. The van der Waals surface area contributed by atoms with Crippen LogP contribution in [0.3, 0.4) is 0 Å². The first-order valence-electron chi connectivity index (χ1n) is 9.38. The van der Waals surface area contributed by atoms with Crippen LogP contribution in [0.5, 0.6) is 0 Å². The lowest BCUT2D eigenvalue weighted by Crippen LogP contribution is -2.44. The predicted molar refractivity (Wildman–Crippen MR) is 120 cm³/mol. The standard InChI is InChI=1S/C19H26ClN5O.HI/c1-2-21-19(23-16-9-4-3-5-10-16)22-12-11-17-24-18(25-26-17)14-7-6-8-15(20)13-14;/h6-8,13,16H,2-5,9-12H2,1H3,(H2,21,22,23);1H. The van der Waals surface area contributed by atoms with Crippen LogP contribution in [0.25, 0.3) is 11.4 Å². The Hall–Kier alpha value is -1.35. The van der Waals surface area contributed by atoms with Crippen LogP contribution in [0.4, 0.5) is 0 Å². The number of nitrogens with zero attached hydrogens (tertiary/aromatic N) is 3. The Morgan fingerprint density at radius 3 is 2.85 bits per heavy atom. The molecule has 1 aromatic heterocycles. The van der Waals surface area contributed by atoms with Crippen molar-refractivity contribution in [3.8, 4) is 11.4 Å². The molecule has 1 aliphatic rings. The zero-order chi connectivity index (χ0) is 18.2. The van der Waals surface area contributed by atoms with Crippen molar-refractivity contribution in [1.82, 2.24) is 20.8 Å². The molecule has 1 aliphatic carbocycles. The van der Waals surface area contributed by atoms with E-state index in [-0.39, 0.29) is 24.0 Å². The van der Waals surface area contributed by atoms with Crippen molar-refractivity contribution in [2.45, 2.75) is 51.5 Å². The van der Waals surface area contributed by atoms with Crippen molar-refractivity contribution >= 4 is 41.5 Å². The molecule has 0 spiro atoms. The predicted octanol–water partition coefficient (Wildman–Crippen LogP) is 4.44. The monoisotopic (exact) mass is 503 g/mol. The van der Waals surface area contributed by atoms with Crippen molar-refractivity contribution in [3.05, 3.63) is 35.2 Å². The molecule has 0 unspecified atom stereocenters. The third-order valence-electron chi connectivity index (χ3n) is 4.44. The highest BCUT2D eigenvalue weighted by Crippen LogP contribution is 2.20. The van der Waals surface area contributed by atoms with Crippen molar-refractivity contribution in [1.29, 1.82) is 0 Å². The summed E-state index contributed by atoms with van der Waals surface area (Å²) >= 11 is 6.01. The van der Waals surface area contributed by atoms with Gasteiger partial charge in [0, 0.05) is 29.6 Å². The van der Waals surface area contributed by atoms with Gasteiger partial charge in [-0.3, -0.25) is 4.99 Å². The lowest BCUT2D eigenvalue weighted by molar-refractivity contribution is 0.380. The third-order valence-corrected chi connectivity index (χ3v) is 4.67. The van der Waals surface area contributed by atoms with Gasteiger partial charge in [0.05, 0.1) is 6.54 Å². The van der Waals surface area contributed by atoms with Crippen LogP contribution in [-0.4, -0.2) is 35.2 Å². The maximum absolute atomic E-state index is 6.01. The molecular formula is C19H27ClIN5O. The van der Waals surface area contributed by atoms with Gasteiger partial charge in [0.25, 0.3) is 0 Å². The van der Waals surface area contributed by atoms with Crippen LogP contribution in [0.2, 0.25) is 5.02 Å². The molecular weight excluding hydrogens is 477 g/mol. The average Bonchev–Trinajstić information content (AvgIpc) is 3.12. The SMILES string of the molecule is CCNC(=NCCc1nc(-c2cccc(Cl)c2)no1)NC1CCCCC1.I. The summed E-state index contributed by atoms with van der Waals surface area (Å²) < 4.78 is 5.34. The topological polar surface area (TPSA) is 75.3 Å². The van der Waals surface area contributed by atoms with Crippen LogP contribution in [0.15, 0.2) is 33.8 Å². The van der Waals surface area contributed by atoms with E-state index in [1.165, 1.54) is 32.1 Å². The molecule has 1 heterocycles. The van der Waals surface area contributed by atoms with Gasteiger partial charge >= 0.3 is 0 Å². The highest BCUT2D eigenvalue weighted by Gasteiger charge is 2.14. The van der Waals surface area contributed by atoms with Crippen molar-refractivity contribution in [3.63, 3.8) is 0 Å². The summed E-state index contributed by atoms with van der Waals surface area (Å²) in [6.07, 6.45) is 6.98. The Labute approximate surface area is 182 Å². The fourth-order valence-corrected chi connectivity index (χ4v) is 3.32. The molecule has 148 valence electrons. The Balaban J connectivity index is 0.00000261. The molecule has 1 fully saturated rings. The van der Waals surface area contributed by atoms with E-state index < -0.39 is 0 Å². The molecule has 2 aromatic rings. The normalized spacial score (nSPS) is 15.3. The molecule has 27 heavy (non-hydrogen) atoms. The summed E-state index contributed by atoms with van der Waals surface area (Å²) in [6, 6.07) is 7.96. The van der Waals surface area contributed by atoms with Gasteiger partial charge in [-0.15, -0.1) is 24.0 Å². The van der Waals surface area contributed by atoms with Gasteiger partial charge in [-0.05, 0) is 31.9 Å². The summed E-state index contributed by atoms with van der Waals surface area (Å²) in [7, 11) is 0. The minimum atomic E-state index is 0. The summed E-state index contributed by atoms with van der Waals surface area (Å²) in [6.45, 7) is 3.52. The number of benzene rings is 1.